The van der Waals surface area contributed by atoms with Gasteiger partial charge in [0.05, 0.1) is 16.6 Å². The van der Waals surface area contributed by atoms with Crippen LogP contribution in [0.3, 0.4) is 0 Å². The molecule has 0 N–H and O–H groups in total. The van der Waals surface area contributed by atoms with Gasteiger partial charge in [0.25, 0.3) is 0 Å². The topological polar surface area (TPSA) is 30.0 Å². The van der Waals surface area contributed by atoms with Crippen LogP contribution in [0.1, 0.15) is 22.3 Å². The molecular weight excluding hydrogens is 766 g/mol. The van der Waals surface area contributed by atoms with Crippen LogP contribution in [-0.4, -0.2) is 4.98 Å². The van der Waals surface area contributed by atoms with Gasteiger partial charge in [-0.25, -0.2) is 4.98 Å². The first-order chi connectivity index (χ1) is 29.6. The molecule has 0 saturated carbocycles. The van der Waals surface area contributed by atoms with Crippen LogP contribution in [0, 0.1) is 0 Å². The summed E-state index contributed by atoms with van der Waals surface area (Å²) in [6.45, 7) is 0. The monoisotopic (exact) mass is 801 g/mol. The quantitative estimate of drug-likeness (QED) is 0.128. The molecule has 10 aromatic rings. The van der Waals surface area contributed by atoms with Gasteiger partial charge in [-0.15, -0.1) is 0 Å². The minimum Gasteiger partial charge on any atom is -0.309 e. The molecule has 0 radical (unpaired) electrons. The number of nitrogens with zero attached hydrogens (tertiary/aromatic N) is 1. The molecule has 282 valence electrons. The first-order valence-corrected chi connectivity index (χ1v) is 22.9. The lowest BCUT2D eigenvalue weighted by Crippen LogP contribution is -2.31. The molecule has 0 saturated heterocycles. The van der Waals surface area contributed by atoms with Crippen LogP contribution in [0.4, 0.5) is 0 Å². The van der Waals surface area contributed by atoms with Crippen LogP contribution in [0.15, 0.2) is 228 Å². The lowest BCUT2D eigenvalue weighted by atomic mass is 9.67. The number of aromatic nitrogens is 1. The number of pyridine rings is 1. The third-order valence-electron chi connectivity index (χ3n) is 12.6. The van der Waals surface area contributed by atoms with Crippen molar-refractivity contribution in [2.75, 3.05) is 0 Å². The smallest absolute Gasteiger partial charge is 0.171 e. The molecule has 2 nitrogen and oxygen atoms in total. The molecule has 2 aliphatic rings. The van der Waals surface area contributed by atoms with Crippen LogP contribution in [0.25, 0.3) is 55.2 Å². The van der Waals surface area contributed by atoms with Gasteiger partial charge >= 0.3 is 0 Å². The van der Waals surface area contributed by atoms with Gasteiger partial charge in [0.1, 0.15) is 0 Å². The Labute approximate surface area is 353 Å². The summed E-state index contributed by atoms with van der Waals surface area (Å²) in [5, 5.41) is 5.88. The molecule has 1 aromatic heterocycles. The van der Waals surface area contributed by atoms with E-state index < -0.39 is 12.6 Å². The molecule has 1 aliphatic heterocycles. The van der Waals surface area contributed by atoms with Gasteiger partial charge in [-0.3, -0.25) is 0 Å². The average Bonchev–Trinajstić information content (AvgIpc) is 3.60. The summed E-state index contributed by atoms with van der Waals surface area (Å²) in [6.07, 6.45) is 0. The molecule has 1 aliphatic carbocycles. The minimum absolute atomic E-state index is 0.486. The van der Waals surface area contributed by atoms with E-state index in [1.165, 1.54) is 48.6 Å². The predicted octanol–water partition coefficient (Wildman–Crippen LogP) is 13.2. The van der Waals surface area contributed by atoms with Crippen molar-refractivity contribution < 1.29 is 4.57 Å². The van der Waals surface area contributed by atoms with E-state index in [0.717, 1.165) is 54.6 Å². The summed E-state index contributed by atoms with van der Waals surface area (Å²) in [5.74, 6) is 0. The average molecular weight is 802 g/mol. The molecule has 4 heteroatoms. The lowest BCUT2D eigenvalue weighted by Gasteiger charge is -2.39. The van der Waals surface area contributed by atoms with E-state index in [9.17, 15) is 0 Å². The van der Waals surface area contributed by atoms with E-state index in [0.29, 0.717) is 0 Å². The first kappa shape index (κ1) is 35.2. The molecule has 9 aromatic carbocycles. The van der Waals surface area contributed by atoms with Gasteiger partial charge in [0, 0.05) is 42.0 Å². The zero-order chi connectivity index (χ0) is 39.8. The fraction of sp³-hybridized carbons (Fsp3) is 0.0179. The highest BCUT2D eigenvalue weighted by Crippen LogP contribution is 2.63. The lowest BCUT2D eigenvalue weighted by molar-refractivity contribution is 0.592. The summed E-state index contributed by atoms with van der Waals surface area (Å²) >= 11 is 1.87. The zero-order valence-electron chi connectivity index (χ0n) is 32.5. The predicted molar refractivity (Wildman–Crippen MR) is 251 cm³/mol. The standard InChI is InChI=1S/C56H36NOPS/c58-59(40-18-6-2-7-19-40,41-20-8-3-9-21-41)42-31-28-37(29-32-42)39-30-33-52-46(34-39)44-36-51-45(35-47(44)55(57-52)38-16-4-1-5-17-38)43-22-10-11-23-48(43)56(51)49-24-12-14-26-53(49)60-54-27-15-13-25-50(54)56/h1-36H. The maximum atomic E-state index is 15.2. The third-order valence-corrected chi connectivity index (χ3v) is 16.8. The second kappa shape index (κ2) is 13.6. The van der Waals surface area contributed by atoms with E-state index in [1.807, 2.05) is 72.4 Å². The summed E-state index contributed by atoms with van der Waals surface area (Å²) in [4.78, 5) is 8.02. The Morgan fingerprint density at radius 2 is 0.917 bits per heavy atom. The summed E-state index contributed by atoms with van der Waals surface area (Å²) in [5.41, 5.74) is 12.5. The Morgan fingerprint density at radius 1 is 0.383 bits per heavy atom. The van der Waals surface area contributed by atoms with Crippen LogP contribution in [-0.2, 0) is 9.98 Å². The van der Waals surface area contributed by atoms with Gasteiger partial charge in [0.15, 0.2) is 7.14 Å². The van der Waals surface area contributed by atoms with Crippen molar-refractivity contribution in [3.8, 4) is 33.5 Å². The van der Waals surface area contributed by atoms with Gasteiger partial charge in [-0.2, -0.15) is 0 Å². The van der Waals surface area contributed by atoms with Gasteiger partial charge < -0.3 is 4.57 Å². The number of hydrogen-bond acceptors (Lipinski definition) is 3. The second-order valence-corrected chi connectivity index (χ2v) is 19.6. The number of rotatable bonds is 5. The van der Waals surface area contributed by atoms with Crippen molar-refractivity contribution in [1.82, 2.24) is 4.98 Å². The Kier molecular flexibility index (Phi) is 8.00. The molecule has 0 fully saturated rings. The molecule has 60 heavy (non-hydrogen) atoms. The second-order valence-electron chi connectivity index (χ2n) is 15.7. The minimum atomic E-state index is -3.10. The van der Waals surface area contributed by atoms with Crippen LogP contribution in [0.2, 0.25) is 0 Å². The van der Waals surface area contributed by atoms with Crippen LogP contribution >= 0.6 is 18.9 Å². The van der Waals surface area contributed by atoms with Gasteiger partial charge in [-0.1, -0.05) is 194 Å². The molecule has 0 amide bonds. The summed E-state index contributed by atoms with van der Waals surface area (Å²) in [7, 11) is -3.10. The van der Waals surface area contributed by atoms with E-state index in [4.69, 9.17) is 4.98 Å². The fourth-order valence-corrected chi connectivity index (χ4v) is 13.8. The summed E-state index contributed by atoms with van der Waals surface area (Å²) < 4.78 is 15.2. The molecule has 0 atom stereocenters. The Morgan fingerprint density at radius 3 is 1.57 bits per heavy atom. The third kappa shape index (κ3) is 5.10. The molecule has 1 spiro atoms. The van der Waals surface area contributed by atoms with Crippen LogP contribution in [0.5, 0.6) is 0 Å². The zero-order valence-corrected chi connectivity index (χ0v) is 34.2. The van der Waals surface area contributed by atoms with Crippen molar-refractivity contribution in [2.24, 2.45) is 0 Å². The Hall–Kier alpha value is -6.77. The van der Waals surface area contributed by atoms with E-state index in [-0.39, 0.29) is 0 Å². The maximum Gasteiger partial charge on any atom is 0.171 e. The summed E-state index contributed by atoms with van der Waals surface area (Å²) in [6, 6.07) is 77.2. The molecule has 0 unspecified atom stereocenters. The fourth-order valence-electron chi connectivity index (χ4n) is 9.93. The number of fused-ring (bicyclic) bond motifs is 12. The van der Waals surface area contributed by atoms with E-state index in [2.05, 4.69) is 158 Å². The molecule has 0 bridgehead atoms. The molecule has 2 heterocycles. The first-order valence-electron chi connectivity index (χ1n) is 20.4. The van der Waals surface area contributed by atoms with Crippen molar-refractivity contribution >= 4 is 56.5 Å². The van der Waals surface area contributed by atoms with Crippen molar-refractivity contribution in [2.45, 2.75) is 15.2 Å². The highest BCUT2D eigenvalue weighted by Gasteiger charge is 2.50. The SMILES string of the molecule is O=P(c1ccccc1)(c1ccccc1)c1ccc(-c2ccc3nc(-c4ccccc4)c4cc5c(cc4c3c2)C2(c3ccccc3Sc3ccccc32)c2ccccc2-5)cc1. The Bertz CT molecular complexity index is 3280. The largest absolute Gasteiger partial charge is 0.309 e. The van der Waals surface area contributed by atoms with Crippen molar-refractivity contribution in [1.29, 1.82) is 0 Å². The normalized spacial score (nSPS) is 13.5. The van der Waals surface area contributed by atoms with Gasteiger partial charge in [-0.05, 0) is 86.3 Å². The van der Waals surface area contributed by atoms with Gasteiger partial charge in [0.2, 0.25) is 0 Å². The number of hydrogen-bond donors (Lipinski definition) is 0. The highest BCUT2D eigenvalue weighted by atomic mass is 32.2. The highest BCUT2D eigenvalue weighted by molar-refractivity contribution is 7.99. The van der Waals surface area contributed by atoms with Crippen molar-refractivity contribution in [3.05, 3.63) is 241 Å². The Balaban J connectivity index is 1.10. The van der Waals surface area contributed by atoms with Crippen LogP contribution < -0.4 is 15.9 Å². The maximum absolute atomic E-state index is 15.2. The molecular formula is C56H36NOPS. The van der Waals surface area contributed by atoms with E-state index >= 15 is 4.57 Å². The number of benzene rings is 9. The van der Waals surface area contributed by atoms with Crippen molar-refractivity contribution in [3.63, 3.8) is 0 Å². The van der Waals surface area contributed by atoms with E-state index in [1.54, 1.807) is 0 Å². The molecule has 12 rings (SSSR count).